The second-order valence-electron chi connectivity index (χ2n) is 4.83. The van der Waals surface area contributed by atoms with Gasteiger partial charge in [0.05, 0.1) is 12.0 Å². The van der Waals surface area contributed by atoms with Crippen molar-refractivity contribution in [3.63, 3.8) is 0 Å². The number of carbonyl (C=O) groups excluding carboxylic acids is 1. The fourth-order valence-electron chi connectivity index (χ4n) is 1.77. The molecular formula is C13H18N4O2. The minimum absolute atomic E-state index is 0.256. The Kier molecular flexibility index (Phi) is 4.86. The number of ether oxygens (including phenoxy) is 1. The van der Waals surface area contributed by atoms with Crippen molar-refractivity contribution in [2.75, 3.05) is 6.61 Å². The van der Waals surface area contributed by atoms with Crippen LogP contribution in [0.3, 0.4) is 0 Å². The van der Waals surface area contributed by atoms with Gasteiger partial charge in [0.25, 0.3) is 0 Å². The molecule has 19 heavy (non-hydrogen) atoms. The van der Waals surface area contributed by atoms with Crippen LogP contribution in [0.15, 0.2) is 28.4 Å². The quantitative estimate of drug-likeness (QED) is 0.594. The number of hydrogen-bond acceptors (Lipinski definition) is 6. The summed E-state index contributed by atoms with van der Waals surface area (Å²) in [6.45, 7) is 5.75. The normalized spacial score (nSPS) is 10.9. The van der Waals surface area contributed by atoms with Gasteiger partial charge in [0.15, 0.2) is 0 Å². The summed E-state index contributed by atoms with van der Waals surface area (Å²) in [6.07, 6.45) is 0.479. The first-order chi connectivity index (χ1) is 8.94. The van der Waals surface area contributed by atoms with Crippen LogP contribution >= 0.6 is 0 Å². The van der Waals surface area contributed by atoms with E-state index in [1.54, 1.807) is 25.1 Å². The lowest BCUT2D eigenvalue weighted by Gasteiger charge is -2.22. The Labute approximate surface area is 112 Å². The molecule has 0 spiro atoms. The largest absolute Gasteiger partial charge is 0.466 e. The van der Waals surface area contributed by atoms with Crippen molar-refractivity contribution in [2.45, 2.75) is 27.2 Å². The monoisotopic (exact) mass is 262 g/mol. The third-order valence-corrected chi connectivity index (χ3v) is 2.75. The Morgan fingerprint density at radius 2 is 1.89 bits per heavy atom. The zero-order chi connectivity index (χ0) is 14.5. The molecule has 2 N–H and O–H groups in total. The van der Waals surface area contributed by atoms with Crippen LogP contribution in [-0.4, -0.2) is 12.6 Å². The molecule has 6 heteroatoms. The van der Waals surface area contributed by atoms with E-state index < -0.39 is 5.41 Å². The zero-order valence-corrected chi connectivity index (χ0v) is 11.4. The number of benzene rings is 1. The average Bonchev–Trinajstić information content (AvgIpc) is 2.38. The molecule has 0 aliphatic rings. The molecule has 0 aromatic heterocycles. The summed E-state index contributed by atoms with van der Waals surface area (Å²) in [4.78, 5) is 11.8. The lowest BCUT2D eigenvalue weighted by Crippen LogP contribution is -2.28. The van der Waals surface area contributed by atoms with Crippen LogP contribution in [0.2, 0.25) is 0 Å². The Bertz CT molecular complexity index is 497. The molecule has 0 aliphatic heterocycles. The van der Waals surface area contributed by atoms with Gasteiger partial charge in [-0.1, -0.05) is 6.07 Å². The third kappa shape index (κ3) is 3.67. The summed E-state index contributed by atoms with van der Waals surface area (Å²) in [7, 11) is 0. The second kappa shape index (κ2) is 6.17. The topological polar surface area (TPSA) is 98.7 Å². The van der Waals surface area contributed by atoms with E-state index in [9.17, 15) is 4.79 Å². The number of rotatable bonds is 6. The van der Waals surface area contributed by atoms with Gasteiger partial charge < -0.3 is 4.74 Å². The predicted octanol–water partition coefficient (Wildman–Crippen LogP) is 4.14. The number of carbonyl (C=O) groups is 1. The maximum Gasteiger partial charge on any atom is 0.311 e. The summed E-state index contributed by atoms with van der Waals surface area (Å²) in [5.41, 5.74) is 14.9. The van der Waals surface area contributed by atoms with Gasteiger partial charge in [-0.2, -0.15) is 10.2 Å². The van der Waals surface area contributed by atoms with Gasteiger partial charge in [-0.05, 0) is 44.9 Å². The van der Waals surface area contributed by atoms with Gasteiger partial charge in [-0.15, -0.1) is 0 Å². The van der Waals surface area contributed by atoms with Gasteiger partial charge in [0, 0.05) is 0 Å². The summed E-state index contributed by atoms with van der Waals surface area (Å²) >= 11 is 0. The fourth-order valence-corrected chi connectivity index (χ4v) is 1.77. The highest BCUT2D eigenvalue weighted by Crippen LogP contribution is 2.31. The third-order valence-electron chi connectivity index (χ3n) is 2.75. The van der Waals surface area contributed by atoms with Crippen LogP contribution in [0.25, 0.3) is 0 Å². The van der Waals surface area contributed by atoms with E-state index in [1.807, 2.05) is 13.8 Å². The number of nitrogens with one attached hydrogen (secondary N) is 2. The van der Waals surface area contributed by atoms with Crippen LogP contribution in [0.5, 0.6) is 0 Å². The molecule has 0 unspecified atom stereocenters. The van der Waals surface area contributed by atoms with E-state index in [-0.39, 0.29) is 5.97 Å². The van der Waals surface area contributed by atoms with Crippen LogP contribution in [-0.2, 0) is 16.0 Å². The van der Waals surface area contributed by atoms with Gasteiger partial charge in [0.1, 0.15) is 11.4 Å². The molecule has 0 heterocycles. The van der Waals surface area contributed by atoms with Crippen LogP contribution in [0.4, 0.5) is 11.4 Å². The standard InChI is InChI=1S/C13H18N4O2/c1-4-19-12(18)13(2,3)8-9-5-6-10(16-14)11(7-9)17-15/h5-7,14-15H,4,8H2,1-3H3. The molecule has 0 aliphatic carbocycles. The van der Waals surface area contributed by atoms with E-state index in [2.05, 4.69) is 10.2 Å². The van der Waals surface area contributed by atoms with Crippen molar-refractivity contribution in [3.05, 3.63) is 23.8 Å². The average molecular weight is 262 g/mol. The molecule has 6 nitrogen and oxygen atoms in total. The van der Waals surface area contributed by atoms with Crippen molar-refractivity contribution in [1.82, 2.24) is 0 Å². The lowest BCUT2D eigenvalue weighted by molar-refractivity contribution is -0.153. The van der Waals surface area contributed by atoms with Crippen LogP contribution in [0, 0.1) is 16.5 Å². The Balaban J connectivity index is 2.96. The summed E-state index contributed by atoms with van der Waals surface area (Å²) < 4.78 is 5.03. The van der Waals surface area contributed by atoms with E-state index in [0.717, 1.165) is 5.56 Å². The van der Waals surface area contributed by atoms with Crippen LogP contribution in [0.1, 0.15) is 26.3 Å². The predicted molar refractivity (Wildman–Crippen MR) is 70.2 cm³/mol. The molecule has 1 aromatic carbocycles. The molecule has 0 amide bonds. The molecule has 0 saturated heterocycles. The smallest absolute Gasteiger partial charge is 0.311 e. The van der Waals surface area contributed by atoms with Crippen molar-refractivity contribution in [1.29, 1.82) is 11.1 Å². The van der Waals surface area contributed by atoms with Gasteiger partial charge in [0.2, 0.25) is 0 Å². The SMILES string of the molecule is CCOC(=O)C(C)(C)Cc1ccc(N=N)c(N=N)c1. The first-order valence-electron chi connectivity index (χ1n) is 5.99. The first-order valence-corrected chi connectivity index (χ1v) is 5.99. The molecule has 0 fully saturated rings. The van der Waals surface area contributed by atoms with Gasteiger partial charge in [-0.3, -0.25) is 4.79 Å². The Hall–Kier alpha value is -2.11. The minimum Gasteiger partial charge on any atom is -0.466 e. The molecule has 1 aromatic rings. The molecule has 102 valence electrons. The highest BCUT2D eigenvalue weighted by atomic mass is 16.5. The van der Waals surface area contributed by atoms with Crippen molar-refractivity contribution >= 4 is 17.3 Å². The van der Waals surface area contributed by atoms with E-state index in [1.165, 1.54) is 0 Å². The number of esters is 1. The molecule has 1 rings (SSSR count). The van der Waals surface area contributed by atoms with E-state index in [4.69, 9.17) is 15.8 Å². The van der Waals surface area contributed by atoms with E-state index in [0.29, 0.717) is 24.4 Å². The molecule has 0 saturated carbocycles. The zero-order valence-electron chi connectivity index (χ0n) is 11.4. The number of nitrogens with zero attached hydrogens (tertiary/aromatic N) is 2. The molecule has 0 bridgehead atoms. The highest BCUT2D eigenvalue weighted by molar-refractivity contribution is 5.76. The summed E-state index contributed by atoms with van der Waals surface area (Å²) in [6, 6.07) is 5.07. The maximum atomic E-state index is 11.8. The van der Waals surface area contributed by atoms with Crippen molar-refractivity contribution in [3.8, 4) is 0 Å². The Morgan fingerprint density at radius 3 is 2.42 bits per heavy atom. The van der Waals surface area contributed by atoms with E-state index >= 15 is 0 Å². The van der Waals surface area contributed by atoms with Crippen molar-refractivity contribution in [2.24, 2.45) is 15.6 Å². The molecule has 0 atom stereocenters. The molecular weight excluding hydrogens is 244 g/mol. The lowest BCUT2D eigenvalue weighted by atomic mass is 9.85. The van der Waals surface area contributed by atoms with Crippen LogP contribution < -0.4 is 0 Å². The highest BCUT2D eigenvalue weighted by Gasteiger charge is 2.29. The fraction of sp³-hybridized carbons (Fsp3) is 0.462. The maximum absolute atomic E-state index is 11.8. The number of hydrogen-bond donors (Lipinski definition) is 2. The summed E-state index contributed by atoms with van der Waals surface area (Å²) in [5, 5.41) is 6.62. The van der Waals surface area contributed by atoms with Crippen molar-refractivity contribution < 1.29 is 9.53 Å². The second-order valence-corrected chi connectivity index (χ2v) is 4.83. The first kappa shape index (κ1) is 14.9. The summed E-state index contributed by atoms with van der Waals surface area (Å²) in [5.74, 6) is -0.256. The van der Waals surface area contributed by atoms with Gasteiger partial charge >= 0.3 is 5.97 Å². The minimum atomic E-state index is -0.644. The Morgan fingerprint density at radius 1 is 1.26 bits per heavy atom. The molecule has 0 radical (unpaired) electrons. The van der Waals surface area contributed by atoms with Gasteiger partial charge in [-0.25, -0.2) is 11.1 Å².